The first-order valence-corrected chi connectivity index (χ1v) is 9.37. The number of amides is 2. The molecule has 3 N–H and O–H groups in total. The molecule has 2 aromatic heterocycles. The molecule has 1 saturated carbocycles. The van der Waals surface area contributed by atoms with Crippen molar-refractivity contribution < 1.29 is 4.79 Å². The Hall–Kier alpha value is -1.96. The van der Waals surface area contributed by atoms with Crippen LogP contribution in [0.1, 0.15) is 37.8 Å². The molecular weight excluding hydrogens is 326 g/mol. The summed E-state index contributed by atoms with van der Waals surface area (Å²) >= 11 is 2.08. The molecule has 8 heteroatoms. The Morgan fingerprint density at radius 2 is 2.38 bits per heavy atom. The third kappa shape index (κ3) is 3.02. The molecule has 1 atom stereocenters. The summed E-state index contributed by atoms with van der Waals surface area (Å²) < 4.78 is 1.78. The van der Waals surface area contributed by atoms with Gasteiger partial charge in [-0.3, -0.25) is 9.89 Å². The van der Waals surface area contributed by atoms with Crippen LogP contribution >= 0.6 is 11.8 Å². The Bertz CT molecular complexity index is 810. The zero-order valence-corrected chi connectivity index (χ0v) is 14.2. The minimum Gasteiger partial charge on any atom is -0.335 e. The van der Waals surface area contributed by atoms with Crippen molar-refractivity contribution in [2.45, 2.75) is 49.4 Å². The number of urea groups is 1. The lowest BCUT2D eigenvalue weighted by Crippen LogP contribution is -2.50. The fraction of sp³-hybridized carbons (Fsp3) is 0.562. The number of carbonyl (C=O) groups excluding carboxylic acids is 1. The van der Waals surface area contributed by atoms with Gasteiger partial charge in [-0.05, 0) is 31.4 Å². The molecule has 2 amide bonds. The highest BCUT2D eigenvalue weighted by molar-refractivity contribution is 8.00. The number of aromatic amines is 1. The molecule has 1 saturated heterocycles. The van der Waals surface area contributed by atoms with Gasteiger partial charge in [0.15, 0.2) is 5.65 Å². The van der Waals surface area contributed by atoms with Crippen molar-refractivity contribution in [2.24, 2.45) is 0 Å². The molecule has 24 heavy (non-hydrogen) atoms. The molecule has 1 aliphatic heterocycles. The van der Waals surface area contributed by atoms with Gasteiger partial charge in [0.1, 0.15) is 0 Å². The molecule has 0 aromatic carbocycles. The SMILES string of the molecule is O=C(NCc1cc(=O)n2[nH]ccc2n1)NC1CCSC2(CCC2)C1. The van der Waals surface area contributed by atoms with Crippen molar-refractivity contribution in [2.75, 3.05) is 5.75 Å². The number of carbonyl (C=O) groups is 1. The number of fused-ring (bicyclic) bond motifs is 1. The lowest BCUT2D eigenvalue weighted by atomic mass is 9.79. The summed E-state index contributed by atoms with van der Waals surface area (Å²) in [5.74, 6) is 1.12. The first-order valence-electron chi connectivity index (χ1n) is 8.38. The fourth-order valence-corrected chi connectivity index (χ4v) is 5.28. The molecule has 1 unspecified atom stereocenters. The zero-order chi connectivity index (χ0) is 16.6. The minimum atomic E-state index is -0.183. The maximum Gasteiger partial charge on any atom is 0.315 e. The van der Waals surface area contributed by atoms with E-state index in [0.29, 0.717) is 16.1 Å². The van der Waals surface area contributed by atoms with E-state index in [4.69, 9.17) is 0 Å². The minimum absolute atomic E-state index is 0.182. The third-order valence-corrected chi connectivity index (χ3v) is 6.58. The van der Waals surface area contributed by atoms with Crippen LogP contribution in [0, 0.1) is 0 Å². The van der Waals surface area contributed by atoms with E-state index in [1.807, 2.05) is 0 Å². The van der Waals surface area contributed by atoms with Gasteiger partial charge in [0, 0.05) is 29.1 Å². The first kappa shape index (κ1) is 15.6. The smallest absolute Gasteiger partial charge is 0.315 e. The van der Waals surface area contributed by atoms with Crippen molar-refractivity contribution in [1.29, 1.82) is 0 Å². The number of hydrogen-bond donors (Lipinski definition) is 3. The summed E-state index contributed by atoms with van der Waals surface area (Å²) in [4.78, 5) is 28.4. The van der Waals surface area contributed by atoms with E-state index in [0.717, 1.165) is 18.6 Å². The molecule has 3 heterocycles. The molecule has 0 radical (unpaired) electrons. The summed E-state index contributed by atoms with van der Waals surface area (Å²) in [5, 5.41) is 8.69. The van der Waals surface area contributed by atoms with Crippen LogP contribution in [0.4, 0.5) is 4.79 Å². The van der Waals surface area contributed by atoms with Crippen molar-refractivity contribution in [1.82, 2.24) is 25.2 Å². The highest BCUT2D eigenvalue weighted by Crippen LogP contribution is 2.50. The molecule has 4 rings (SSSR count). The second kappa shape index (κ2) is 6.16. The van der Waals surface area contributed by atoms with Crippen molar-refractivity contribution >= 4 is 23.4 Å². The lowest BCUT2D eigenvalue weighted by Gasteiger charge is -2.47. The van der Waals surface area contributed by atoms with Crippen molar-refractivity contribution in [3.63, 3.8) is 0 Å². The van der Waals surface area contributed by atoms with E-state index in [2.05, 4.69) is 32.5 Å². The van der Waals surface area contributed by atoms with E-state index < -0.39 is 0 Å². The number of H-pyrrole nitrogens is 1. The number of nitrogens with one attached hydrogen (secondary N) is 3. The topological polar surface area (TPSA) is 91.3 Å². The van der Waals surface area contributed by atoms with Gasteiger partial charge in [0.05, 0.1) is 12.2 Å². The summed E-state index contributed by atoms with van der Waals surface area (Å²) in [6.07, 6.45) is 7.62. The van der Waals surface area contributed by atoms with Crippen molar-refractivity contribution in [3.8, 4) is 0 Å². The largest absolute Gasteiger partial charge is 0.335 e. The van der Waals surface area contributed by atoms with Crippen LogP contribution in [-0.2, 0) is 6.54 Å². The number of rotatable bonds is 3. The van der Waals surface area contributed by atoms with E-state index in [1.165, 1.54) is 29.8 Å². The standard InChI is InChI=1S/C16H21N5O2S/c22-14-8-12(19-13-2-6-18-21(13)14)10-17-15(23)20-11-3-7-24-16(9-11)4-1-5-16/h2,6,8,11,18H,1,3-5,7,9-10H2,(H2,17,20,23). The van der Waals surface area contributed by atoms with Crippen molar-refractivity contribution in [3.05, 3.63) is 34.4 Å². The van der Waals surface area contributed by atoms with Crippen LogP contribution in [0.3, 0.4) is 0 Å². The number of nitrogens with zero attached hydrogens (tertiary/aromatic N) is 2. The number of hydrogen-bond acceptors (Lipinski definition) is 4. The van der Waals surface area contributed by atoms with Gasteiger partial charge in [0.25, 0.3) is 5.56 Å². The summed E-state index contributed by atoms with van der Waals surface area (Å²) in [7, 11) is 0. The van der Waals surface area contributed by atoms with E-state index in [-0.39, 0.29) is 24.2 Å². The predicted molar refractivity (Wildman–Crippen MR) is 93.2 cm³/mol. The van der Waals surface area contributed by atoms with E-state index in [9.17, 15) is 9.59 Å². The molecule has 2 fully saturated rings. The van der Waals surface area contributed by atoms with Gasteiger partial charge in [-0.2, -0.15) is 11.8 Å². The quantitative estimate of drug-likeness (QED) is 0.787. The highest BCUT2D eigenvalue weighted by Gasteiger charge is 2.42. The first-order chi connectivity index (χ1) is 11.6. The van der Waals surface area contributed by atoms with E-state index in [1.54, 1.807) is 12.3 Å². The Morgan fingerprint density at radius 1 is 1.50 bits per heavy atom. The van der Waals surface area contributed by atoms with Crippen LogP contribution in [0.15, 0.2) is 23.1 Å². The Kier molecular flexibility index (Phi) is 3.99. The average Bonchev–Trinajstić information content (AvgIpc) is 3.01. The van der Waals surface area contributed by atoms with Crippen LogP contribution < -0.4 is 16.2 Å². The van der Waals surface area contributed by atoms with Gasteiger partial charge < -0.3 is 10.6 Å². The zero-order valence-electron chi connectivity index (χ0n) is 13.4. The average molecular weight is 347 g/mol. The molecule has 2 aromatic rings. The summed E-state index contributed by atoms with van der Waals surface area (Å²) in [6.45, 7) is 0.245. The fourth-order valence-electron chi connectivity index (χ4n) is 3.55. The number of thioether (sulfide) groups is 1. The normalized spacial score (nSPS) is 22.2. The van der Waals surface area contributed by atoms with Crippen LogP contribution in [0.2, 0.25) is 0 Å². The van der Waals surface area contributed by atoms with Gasteiger partial charge in [-0.1, -0.05) is 6.42 Å². The van der Waals surface area contributed by atoms with Crippen LogP contribution in [-0.4, -0.2) is 37.2 Å². The van der Waals surface area contributed by atoms with Gasteiger partial charge in [-0.25, -0.2) is 14.3 Å². The maximum atomic E-state index is 12.2. The molecule has 0 bridgehead atoms. The number of aromatic nitrogens is 3. The van der Waals surface area contributed by atoms with Gasteiger partial charge >= 0.3 is 6.03 Å². The van der Waals surface area contributed by atoms with E-state index >= 15 is 0 Å². The van der Waals surface area contributed by atoms with Gasteiger partial charge in [-0.15, -0.1) is 0 Å². The highest BCUT2D eigenvalue weighted by atomic mass is 32.2. The second-order valence-electron chi connectivity index (χ2n) is 6.64. The Balaban J connectivity index is 1.33. The monoisotopic (exact) mass is 347 g/mol. The maximum absolute atomic E-state index is 12.2. The molecule has 2 aliphatic rings. The summed E-state index contributed by atoms with van der Waals surface area (Å²) in [6, 6.07) is 3.22. The molecule has 1 spiro atoms. The summed E-state index contributed by atoms with van der Waals surface area (Å²) in [5.41, 5.74) is 0.929. The molecule has 7 nitrogen and oxygen atoms in total. The van der Waals surface area contributed by atoms with Crippen LogP contribution in [0.25, 0.3) is 5.65 Å². The third-order valence-electron chi connectivity index (χ3n) is 4.96. The lowest BCUT2D eigenvalue weighted by molar-refractivity contribution is 0.228. The van der Waals surface area contributed by atoms with Gasteiger partial charge in [0.2, 0.25) is 0 Å². The Labute approximate surface area is 143 Å². The second-order valence-corrected chi connectivity index (χ2v) is 8.21. The van der Waals surface area contributed by atoms with Crippen LogP contribution in [0.5, 0.6) is 0 Å². The molecular formula is C16H21N5O2S. The predicted octanol–water partition coefficient (Wildman–Crippen LogP) is 1.64. The Morgan fingerprint density at radius 3 is 3.17 bits per heavy atom. The molecule has 128 valence electrons. The molecule has 1 aliphatic carbocycles.